The van der Waals surface area contributed by atoms with Gasteiger partial charge >= 0.3 is 6.18 Å². The fraction of sp³-hybridized carbons (Fsp3) is 0.229. The van der Waals surface area contributed by atoms with E-state index in [4.69, 9.17) is 0 Å². The van der Waals surface area contributed by atoms with Crippen LogP contribution in [0.15, 0.2) is 89.3 Å². The van der Waals surface area contributed by atoms with Gasteiger partial charge in [-0.05, 0) is 71.4 Å². The Balaban J connectivity index is 1.32. The van der Waals surface area contributed by atoms with E-state index in [2.05, 4.69) is 21.8 Å². The topological polar surface area (TPSA) is 106 Å². The van der Waals surface area contributed by atoms with Crippen molar-refractivity contribution in [2.75, 3.05) is 0 Å². The fourth-order valence-corrected chi connectivity index (χ4v) is 6.67. The van der Waals surface area contributed by atoms with Gasteiger partial charge in [-0.3, -0.25) is 4.79 Å². The summed E-state index contributed by atoms with van der Waals surface area (Å²) in [6.07, 6.45) is -2.82. The molecule has 13 heteroatoms. The van der Waals surface area contributed by atoms with Crippen LogP contribution >= 0.6 is 11.8 Å². The van der Waals surface area contributed by atoms with Crippen LogP contribution in [0.2, 0.25) is 0 Å². The molecular weight excluding hydrogens is 646 g/mol. The Morgan fingerprint density at radius 1 is 0.875 bits per heavy atom. The highest BCUT2D eigenvalue weighted by Gasteiger charge is 2.30. The van der Waals surface area contributed by atoms with Crippen molar-refractivity contribution in [2.45, 2.75) is 55.9 Å². The molecule has 0 bridgehead atoms. The summed E-state index contributed by atoms with van der Waals surface area (Å²) in [7, 11) is 0. The molecule has 0 spiro atoms. The maximum atomic E-state index is 13.5. The van der Waals surface area contributed by atoms with Crippen molar-refractivity contribution in [2.24, 2.45) is 0 Å². The van der Waals surface area contributed by atoms with Crippen LogP contribution in [0.1, 0.15) is 52.4 Å². The highest BCUT2D eigenvalue weighted by Crippen LogP contribution is 2.32. The molecule has 2 aromatic heterocycles. The quantitative estimate of drug-likeness (QED) is 0.101. The van der Waals surface area contributed by atoms with E-state index in [0.717, 1.165) is 40.9 Å². The fourth-order valence-electron chi connectivity index (χ4n) is 5.70. The predicted octanol–water partition coefficient (Wildman–Crippen LogP) is 5.69. The molecule has 0 fully saturated rings. The zero-order chi connectivity index (χ0) is 34.0. The van der Waals surface area contributed by atoms with E-state index in [-0.39, 0.29) is 35.9 Å². The number of thioether (sulfide) groups is 1. The van der Waals surface area contributed by atoms with Crippen molar-refractivity contribution in [3.63, 3.8) is 0 Å². The monoisotopic (exact) mass is 674 g/mol. The molecular formula is C35H28F4N5O3S-. The van der Waals surface area contributed by atoms with Gasteiger partial charge in [0.25, 0.3) is 5.56 Å². The number of aliphatic carboxylic acids is 1. The summed E-state index contributed by atoms with van der Waals surface area (Å²) in [6, 6.07) is 18.2. The average Bonchev–Trinajstić information content (AvgIpc) is 3.70. The van der Waals surface area contributed by atoms with Gasteiger partial charge in [-0.1, -0.05) is 66.9 Å². The highest BCUT2D eigenvalue weighted by molar-refractivity contribution is 7.98. The zero-order valence-electron chi connectivity index (χ0n) is 25.5. The minimum absolute atomic E-state index is 0.177. The lowest BCUT2D eigenvalue weighted by Crippen LogP contribution is -2.24. The van der Waals surface area contributed by atoms with Crippen LogP contribution in [0.5, 0.6) is 0 Å². The average molecular weight is 675 g/mol. The second-order valence-corrected chi connectivity index (χ2v) is 12.4. The van der Waals surface area contributed by atoms with Crippen molar-refractivity contribution < 1.29 is 27.5 Å². The number of halogens is 4. The molecule has 3 aromatic carbocycles. The predicted molar refractivity (Wildman–Crippen MR) is 170 cm³/mol. The molecule has 6 rings (SSSR count). The van der Waals surface area contributed by atoms with Crippen LogP contribution in [0.3, 0.4) is 0 Å². The van der Waals surface area contributed by atoms with Gasteiger partial charge in [0.2, 0.25) is 0 Å². The van der Waals surface area contributed by atoms with Crippen LogP contribution in [0.25, 0.3) is 16.7 Å². The standard InChI is InChI=1S/C35H29F4N5O3S/c1-21(17-31(45)46)32-42-41-30(44(32)18-22-5-9-24(10-6-22)25-11-13-26(14-12-25)35(37,38)39)19-43-29-4-2-3-28(29)33(47)40-34(43)48-20-23-7-15-27(36)16-8-23/h5-16H,1-4,17-20H2,(H,45,46)/p-1. The second kappa shape index (κ2) is 13.6. The third-order valence-electron chi connectivity index (χ3n) is 8.12. The molecule has 1 aliphatic rings. The largest absolute Gasteiger partial charge is 0.550 e. The number of hydrogen-bond donors (Lipinski definition) is 0. The van der Waals surface area contributed by atoms with Crippen molar-refractivity contribution in [1.82, 2.24) is 24.3 Å². The number of alkyl halides is 3. The molecule has 0 saturated heterocycles. The molecule has 0 unspecified atom stereocenters. The minimum Gasteiger partial charge on any atom is -0.550 e. The maximum absolute atomic E-state index is 13.5. The molecule has 48 heavy (non-hydrogen) atoms. The molecule has 1 aliphatic carbocycles. The summed E-state index contributed by atoms with van der Waals surface area (Å²) in [5.41, 5.74) is 3.67. The Bertz CT molecular complexity index is 2040. The van der Waals surface area contributed by atoms with Crippen LogP contribution in [0.4, 0.5) is 17.6 Å². The number of hydrogen-bond acceptors (Lipinski definition) is 7. The van der Waals surface area contributed by atoms with E-state index >= 15 is 0 Å². The van der Waals surface area contributed by atoms with Crippen molar-refractivity contribution in [1.29, 1.82) is 0 Å². The smallest absolute Gasteiger partial charge is 0.416 e. The number of carbonyl (C=O) groups excluding carboxylic acids is 1. The van der Waals surface area contributed by atoms with Crippen LogP contribution < -0.4 is 10.7 Å². The summed E-state index contributed by atoms with van der Waals surface area (Å²) < 4.78 is 56.2. The number of rotatable bonds is 11. The molecule has 0 amide bonds. The Hall–Kier alpha value is -5.04. The van der Waals surface area contributed by atoms with Gasteiger partial charge in [0.15, 0.2) is 16.8 Å². The number of carbonyl (C=O) groups is 1. The summed E-state index contributed by atoms with van der Waals surface area (Å²) >= 11 is 1.34. The molecule has 0 saturated carbocycles. The van der Waals surface area contributed by atoms with Crippen LogP contribution in [0, 0.1) is 5.82 Å². The zero-order valence-corrected chi connectivity index (χ0v) is 26.3. The molecule has 246 valence electrons. The van der Waals surface area contributed by atoms with Gasteiger partial charge < -0.3 is 19.0 Å². The van der Waals surface area contributed by atoms with Gasteiger partial charge in [0.1, 0.15) is 5.82 Å². The van der Waals surface area contributed by atoms with E-state index < -0.39 is 24.1 Å². The summed E-state index contributed by atoms with van der Waals surface area (Å²) in [5, 5.41) is 20.6. The van der Waals surface area contributed by atoms with Gasteiger partial charge in [-0.15, -0.1) is 10.2 Å². The molecule has 0 radical (unpaired) electrons. The summed E-state index contributed by atoms with van der Waals surface area (Å²) in [6.45, 7) is 4.31. The van der Waals surface area contributed by atoms with Crippen LogP contribution in [-0.2, 0) is 42.7 Å². The molecule has 2 heterocycles. The van der Waals surface area contributed by atoms with Crippen molar-refractivity contribution >= 4 is 23.3 Å². The van der Waals surface area contributed by atoms with Crippen molar-refractivity contribution in [3.8, 4) is 11.1 Å². The van der Waals surface area contributed by atoms with E-state index in [9.17, 15) is 32.3 Å². The molecule has 5 aromatic rings. The minimum atomic E-state index is -4.43. The van der Waals surface area contributed by atoms with E-state index in [1.807, 2.05) is 16.7 Å². The Morgan fingerprint density at radius 3 is 2.17 bits per heavy atom. The highest BCUT2D eigenvalue weighted by atomic mass is 32.2. The number of carboxylic acids is 1. The number of nitrogens with zero attached hydrogens (tertiary/aromatic N) is 5. The number of fused-ring (bicyclic) bond motifs is 1. The normalized spacial score (nSPS) is 12.7. The van der Waals surface area contributed by atoms with Gasteiger partial charge in [0, 0.05) is 29.4 Å². The first-order chi connectivity index (χ1) is 23.0. The Morgan fingerprint density at radius 2 is 1.52 bits per heavy atom. The lowest BCUT2D eigenvalue weighted by Gasteiger charge is -2.18. The number of carboxylic acid groups (broad SMARTS) is 1. The summed E-state index contributed by atoms with van der Waals surface area (Å²) in [4.78, 5) is 28.8. The van der Waals surface area contributed by atoms with Gasteiger partial charge in [0.05, 0.1) is 18.7 Å². The number of aromatic nitrogens is 5. The molecule has 0 atom stereocenters. The lowest BCUT2D eigenvalue weighted by atomic mass is 10.0. The molecule has 8 nitrogen and oxygen atoms in total. The first kappa shape index (κ1) is 32.9. The maximum Gasteiger partial charge on any atom is 0.416 e. The van der Waals surface area contributed by atoms with Crippen molar-refractivity contribution in [3.05, 3.63) is 135 Å². The Kier molecular flexibility index (Phi) is 9.31. The van der Waals surface area contributed by atoms with E-state index in [1.165, 1.54) is 36.0 Å². The van der Waals surface area contributed by atoms with Gasteiger partial charge in [-0.2, -0.15) is 18.2 Å². The third-order valence-corrected chi connectivity index (χ3v) is 9.17. The second-order valence-electron chi connectivity index (χ2n) is 11.4. The van der Waals surface area contributed by atoms with Gasteiger partial charge in [-0.25, -0.2) is 4.39 Å². The summed E-state index contributed by atoms with van der Waals surface area (Å²) in [5.74, 6) is -0.497. The van der Waals surface area contributed by atoms with Crippen LogP contribution in [-0.4, -0.2) is 30.3 Å². The molecule has 0 aliphatic heterocycles. The Labute approximate surface area is 276 Å². The number of benzene rings is 3. The molecule has 0 N–H and O–H groups in total. The SMILES string of the molecule is C=C(CC(=O)[O-])c1nnc(Cn2c(SCc3ccc(F)cc3)nc(=O)c3c2CCC3)n1Cc1ccc(-c2ccc(C(F)(F)F)cc2)cc1. The first-order valence-corrected chi connectivity index (χ1v) is 16.0. The van der Waals surface area contributed by atoms with E-state index in [0.29, 0.717) is 40.7 Å². The van der Waals surface area contributed by atoms with E-state index in [1.54, 1.807) is 28.8 Å². The first-order valence-electron chi connectivity index (χ1n) is 15.0. The third kappa shape index (κ3) is 7.25. The lowest BCUT2D eigenvalue weighted by molar-refractivity contribution is -0.304.